The smallest absolute Gasteiger partial charge is 0.341 e. The van der Waals surface area contributed by atoms with Gasteiger partial charge in [-0.15, -0.1) is 0 Å². The molecule has 0 amide bonds. The number of hydrogen-bond acceptors (Lipinski definition) is 4. The molecule has 0 fully saturated rings. The molecule has 0 saturated carbocycles. The van der Waals surface area contributed by atoms with Gasteiger partial charge in [0, 0.05) is 11.1 Å². The molecule has 0 atom stereocenters. The van der Waals surface area contributed by atoms with Crippen LogP contribution in [0.2, 0.25) is 0 Å². The third-order valence-corrected chi connectivity index (χ3v) is 3.33. The highest BCUT2D eigenvalue weighted by molar-refractivity contribution is 6.59. The second-order valence-electron chi connectivity index (χ2n) is 4.70. The number of benzene rings is 2. The molecule has 0 saturated heterocycles. The average molecular weight is 293 g/mol. The summed E-state index contributed by atoms with van der Waals surface area (Å²) in [7, 11) is 0. The van der Waals surface area contributed by atoms with Crippen molar-refractivity contribution >= 4 is 28.9 Å². The lowest BCUT2D eigenvalue weighted by molar-refractivity contribution is -0.132. The van der Waals surface area contributed by atoms with E-state index in [-0.39, 0.29) is 16.8 Å². The van der Waals surface area contributed by atoms with Gasteiger partial charge in [-0.05, 0) is 12.1 Å². The van der Waals surface area contributed by atoms with E-state index < -0.39 is 23.1 Å². The van der Waals surface area contributed by atoms with E-state index in [0.29, 0.717) is 5.69 Å². The Bertz CT molecular complexity index is 835. The zero-order valence-electron chi connectivity index (χ0n) is 11.4. The van der Waals surface area contributed by atoms with Crippen molar-refractivity contribution in [3.05, 3.63) is 71.3 Å². The minimum atomic E-state index is -1.39. The van der Waals surface area contributed by atoms with Crippen LogP contribution in [0.25, 0.3) is 5.76 Å². The maximum atomic E-state index is 12.5. The Morgan fingerprint density at radius 1 is 0.909 bits per heavy atom. The average Bonchev–Trinajstić information content (AvgIpc) is 2.53. The first-order valence-electron chi connectivity index (χ1n) is 6.54. The summed E-state index contributed by atoms with van der Waals surface area (Å²) in [6.07, 6.45) is 0. The Balaban J connectivity index is 2.27. The van der Waals surface area contributed by atoms with Crippen LogP contribution < -0.4 is 0 Å². The molecule has 0 heterocycles. The van der Waals surface area contributed by atoms with Crippen molar-refractivity contribution in [3.63, 3.8) is 0 Å². The van der Waals surface area contributed by atoms with Gasteiger partial charge in [-0.25, -0.2) is 9.79 Å². The molecule has 0 spiro atoms. The van der Waals surface area contributed by atoms with Crippen LogP contribution in [0, 0.1) is 0 Å². The number of para-hydroxylation sites is 1. The number of aliphatic hydroxyl groups excluding tert-OH is 1. The Kier molecular flexibility index (Phi) is 3.31. The number of hydrogen-bond donors (Lipinski definition) is 2. The van der Waals surface area contributed by atoms with Gasteiger partial charge in [0.1, 0.15) is 17.0 Å². The van der Waals surface area contributed by atoms with E-state index in [1.54, 1.807) is 42.5 Å². The van der Waals surface area contributed by atoms with Gasteiger partial charge in [0.15, 0.2) is 0 Å². The number of aliphatic carboxylic acids is 1. The molecule has 108 valence electrons. The molecular formula is C17H11NO4. The lowest BCUT2D eigenvalue weighted by atomic mass is 9.87. The molecule has 22 heavy (non-hydrogen) atoms. The van der Waals surface area contributed by atoms with Crippen molar-refractivity contribution in [2.45, 2.75) is 0 Å². The topological polar surface area (TPSA) is 87.0 Å². The fourth-order valence-corrected chi connectivity index (χ4v) is 2.32. The maximum Gasteiger partial charge on any atom is 0.341 e. The van der Waals surface area contributed by atoms with Crippen molar-refractivity contribution in [2.24, 2.45) is 4.99 Å². The molecular weight excluding hydrogens is 282 g/mol. The van der Waals surface area contributed by atoms with Gasteiger partial charge in [-0.2, -0.15) is 0 Å². The van der Waals surface area contributed by atoms with E-state index in [1.165, 1.54) is 12.1 Å². The number of carboxylic acids is 1. The van der Waals surface area contributed by atoms with Gasteiger partial charge in [0.05, 0.1) is 5.69 Å². The highest BCUT2D eigenvalue weighted by Crippen LogP contribution is 2.29. The highest BCUT2D eigenvalue weighted by Gasteiger charge is 2.34. The van der Waals surface area contributed by atoms with Crippen LogP contribution >= 0.6 is 0 Å². The monoisotopic (exact) mass is 293 g/mol. The zero-order valence-corrected chi connectivity index (χ0v) is 11.4. The molecule has 5 heteroatoms. The van der Waals surface area contributed by atoms with E-state index in [0.717, 1.165) is 0 Å². The predicted molar refractivity (Wildman–Crippen MR) is 81.5 cm³/mol. The molecule has 1 aliphatic rings. The van der Waals surface area contributed by atoms with Gasteiger partial charge < -0.3 is 10.2 Å². The van der Waals surface area contributed by atoms with Gasteiger partial charge >= 0.3 is 5.97 Å². The van der Waals surface area contributed by atoms with Crippen LogP contribution in [0.1, 0.15) is 15.9 Å². The van der Waals surface area contributed by atoms with Crippen molar-refractivity contribution in [3.8, 4) is 0 Å². The molecule has 5 nitrogen and oxygen atoms in total. The number of carbonyl (C=O) groups excluding carboxylic acids is 1. The number of carbonyl (C=O) groups is 2. The summed E-state index contributed by atoms with van der Waals surface area (Å²) in [5, 5.41) is 19.6. The third-order valence-electron chi connectivity index (χ3n) is 3.33. The summed E-state index contributed by atoms with van der Waals surface area (Å²) in [6, 6.07) is 14.9. The second-order valence-corrected chi connectivity index (χ2v) is 4.70. The maximum absolute atomic E-state index is 12.5. The fraction of sp³-hybridized carbons (Fsp3) is 0. The van der Waals surface area contributed by atoms with Crippen molar-refractivity contribution in [1.29, 1.82) is 0 Å². The molecule has 2 aromatic rings. The number of aliphatic imine (C=N–C) groups is 1. The van der Waals surface area contributed by atoms with Crippen LogP contribution in [-0.4, -0.2) is 27.7 Å². The number of ketones is 1. The summed E-state index contributed by atoms with van der Waals surface area (Å²) >= 11 is 0. The van der Waals surface area contributed by atoms with Crippen LogP contribution in [0.3, 0.4) is 0 Å². The number of carboxylic acid groups (broad SMARTS) is 1. The number of rotatable bonds is 2. The lowest BCUT2D eigenvalue weighted by Crippen LogP contribution is -2.28. The molecule has 0 radical (unpaired) electrons. The van der Waals surface area contributed by atoms with Crippen LogP contribution in [0.15, 0.2) is 65.2 Å². The molecule has 0 bridgehead atoms. The normalized spacial score (nSPS) is 15.8. The quantitative estimate of drug-likeness (QED) is 0.891. The van der Waals surface area contributed by atoms with E-state index in [1.807, 2.05) is 0 Å². The van der Waals surface area contributed by atoms with Crippen LogP contribution in [-0.2, 0) is 4.79 Å². The van der Waals surface area contributed by atoms with E-state index in [2.05, 4.69) is 4.99 Å². The summed E-state index contributed by atoms with van der Waals surface area (Å²) in [5.74, 6) is -2.36. The first-order valence-corrected chi connectivity index (χ1v) is 6.54. The van der Waals surface area contributed by atoms with E-state index in [9.17, 15) is 19.8 Å². The largest absolute Gasteiger partial charge is 0.506 e. The number of Topliss-reactive ketones (excluding diaryl/α,β-unsaturated/α-hetero) is 1. The Labute approximate surface area is 125 Å². The highest BCUT2D eigenvalue weighted by atomic mass is 16.4. The second kappa shape index (κ2) is 5.29. The van der Waals surface area contributed by atoms with Gasteiger partial charge in [0.25, 0.3) is 0 Å². The minimum Gasteiger partial charge on any atom is -0.506 e. The fourth-order valence-electron chi connectivity index (χ4n) is 2.32. The standard InChI is InChI=1S/C17H11NO4/c19-15-11-8-4-5-9-12(11)16(20)14(13(15)17(21)22)18-10-6-2-1-3-7-10/h1-9,19H,(H,21,22). The van der Waals surface area contributed by atoms with Crippen molar-refractivity contribution in [1.82, 2.24) is 0 Å². The van der Waals surface area contributed by atoms with Crippen LogP contribution in [0.4, 0.5) is 5.69 Å². The van der Waals surface area contributed by atoms with E-state index >= 15 is 0 Å². The summed E-state index contributed by atoms with van der Waals surface area (Å²) in [4.78, 5) is 28.1. The molecule has 3 rings (SSSR count). The van der Waals surface area contributed by atoms with Gasteiger partial charge in [0.2, 0.25) is 5.78 Å². The SMILES string of the molecule is O=C(O)C1=C(O)c2ccccc2C(=O)C1=Nc1ccccc1. The Morgan fingerprint density at radius 2 is 1.50 bits per heavy atom. The minimum absolute atomic E-state index is 0.205. The Morgan fingerprint density at radius 3 is 2.14 bits per heavy atom. The number of aliphatic hydroxyl groups is 1. The van der Waals surface area contributed by atoms with Gasteiger partial charge in [-0.1, -0.05) is 42.5 Å². The van der Waals surface area contributed by atoms with Gasteiger partial charge in [-0.3, -0.25) is 4.79 Å². The first kappa shape index (κ1) is 13.8. The molecule has 2 N–H and O–H groups in total. The molecule has 1 aliphatic carbocycles. The summed E-state index contributed by atoms with van der Waals surface area (Å²) < 4.78 is 0. The third kappa shape index (κ3) is 2.18. The Hall–Kier alpha value is -3.21. The van der Waals surface area contributed by atoms with E-state index in [4.69, 9.17) is 0 Å². The van der Waals surface area contributed by atoms with Crippen molar-refractivity contribution in [2.75, 3.05) is 0 Å². The summed E-state index contributed by atoms with van der Waals surface area (Å²) in [6.45, 7) is 0. The van der Waals surface area contributed by atoms with Crippen molar-refractivity contribution < 1.29 is 19.8 Å². The molecule has 0 aliphatic heterocycles. The lowest BCUT2D eigenvalue weighted by Gasteiger charge is -2.18. The first-order chi connectivity index (χ1) is 10.6. The zero-order chi connectivity index (χ0) is 15.7. The molecule has 0 unspecified atom stereocenters. The predicted octanol–water partition coefficient (Wildman–Crippen LogP) is 3.01. The summed E-state index contributed by atoms with van der Waals surface area (Å²) in [5.41, 5.74) is 0.135. The van der Waals surface area contributed by atoms with Crippen LogP contribution in [0.5, 0.6) is 0 Å². The number of nitrogens with zero attached hydrogens (tertiary/aromatic N) is 1. The molecule has 0 aromatic heterocycles. The molecule has 2 aromatic carbocycles. The number of fused-ring (bicyclic) bond motifs is 1.